The van der Waals surface area contributed by atoms with E-state index in [1.165, 1.54) is 0 Å². The molecule has 6 nitrogen and oxygen atoms in total. The number of carbonyl (C=O) groups excluding carboxylic acids is 3. The third kappa shape index (κ3) is 6.94. The SMILES string of the molecule is O=CCOCCOC(=O)c1ccc[n+](CC(=O)c2ccccc2)c1.[Br-]. The van der Waals surface area contributed by atoms with Gasteiger partial charge in [-0.3, -0.25) is 4.79 Å². The molecule has 7 heteroatoms. The van der Waals surface area contributed by atoms with E-state index in [4.69, 9.17) is 9.47 Å². The van der Waals surface area contributed by atoms with Crippen LogP contribution in [0.5, 0.6) is 0 Å². The zero-order valence-electron chi connectivity index (χ0n) is 13.5. The molecule has 1 heterocycles. The van der Waals surface area contributed by atoms with Gasteiger partial charge in [-0.15, -0.1) is 0 Å². The van der Waals surface area contributed by atoms with Crippen LogP contribution in [-0.4, -0.2) is 37.9 Å². The number of halogens is 1. The number of ketones is 1. The number of aldehydes is 1. The standard InChI is InChI=1S/C18H18NO5.BrH/c20-9-10-23-11-12-24-18(22)16-7-4-8-19(13-16)14-17(21)15-5-2-1-3-6-15;/h1-9,13H,10-12,14H2;1H/q+1;/p-1. The zero-order chi connectivity index (χ0) is 17.2. The quantitative estimate of drug-likeness (QED) is 0.162. The van der Waals surface area contributed by atoms with Crippen LogP contribution in [0.4, 0.5) is 0 Å². The van der Waals surface area contributed by atoms with E-state index < -0.39 is 5.97 Å². The van der Waals surface area contributed by atoms with Crippen molar-refractivity contribution in [2.24, 2.45) is 0 Å². The summed E-state index contributed by atoms with van der Waals surface area (Å²) >= 11 is 0. The fourth-order valence-corrected chi connectivity index (χ4v) is 2.03. The van der Waals surface area contributed by atoms with Crippen molar-refractivity contribution in [2.75, 3.05) is 19.8 Å². The van der Waals surface area contributed by atoms with Crippen molar-refractivity contribution < 1.29 is 45.4 Å². The molecule has 25 heavy (non-hydrogen) atoms. The van der Waals surface area contributed by atoms with E-state index in [-0.39, 0.29) is 49.1 Å². The summed E-state index contributed by atoms with van der Waals surface area (Å²) in [6, 6.07) is 12.2. The first-order valence-electron chi connectivity index (χ1n) is 7.46. The van der Waals surface area contributed by atoms with Gasteiger partial charge < -0.3 is 31.2 Å². The van der Waals surface area contributed by atoms with Gasteiger partial charge in [0.25, 0.3) is 0 Å². The number of esters is 1. The van der Waals surface area contributed by atoms with Gasteiger partial charge in [0.15, 0.2) is 12.4 Å². The summed E-state index contributed by atoms with van der Waals surface area (Å²) in [7, 11) is 0. The van der Waals surface area contributed by atoms with Gasteiger partial charge in [0.2, 0.25) is 12.3 Å². The molecule has 0 radical (unpaired) electrons. The number of hydrogen-bond acceptors (Lipinski definition) is 5. The number of aromatic nitrogens is 1. The summed E-state index contributed by atoms with van der Waals surface area (Å²) in [5.41, 5.74) is 0.957. The molecule has 2 aromatic rings. The Hall–Kier alpha value is -2.38. The van der Waals surface area contributed by atoms with Gasteiger partial charge >= 0.3 is 5.97 Å². The molecule has 1 aromatic carbocycles. The monoisotopic (exact) mass is 407 g/mol. The Bertz CT molecular complexity index is 706. The van der Waals surface area contributed by atoms with Crippen LogP contribution < -0.4 is 21.5 Å². The molecule has 0 unspecified atom stereocenters. The zero-order valence-corrected chi connectivity index (χ0v) is 15.1. The Morgan fingerprint density at radius 1 is 1.00 bits per heavy atom. The molecule has 0 fully saturated rings. The van der Waals surface area contributed by atoms with Crippen LogP contribution in [0.3, 0.4) is 0 Å². The first-order valence-corrected chi connectivity index (χ1v) is 7.46. The molecule has 0 atom stereocenters. The Morgan fingerprint density at radius 2 is 1.72 bits per heavy atom. The molecular formula is C18H18BrNO5. The largest absolute Gasteiger partial charge is 1.00 e. The first-order chi connectivity index (χ1) is 11.7. The highest BCUT2D eigenvalue weighted by atomic mass is 79.9. The second-order valence-electron chi connectivity index (χ2n) is 4.93. The Balaban J connectivity index is 0.00000312. The van der Waals surface area contributed by atoms with Crippen molar-refractivity contribution in [2.45, 2.75) is 6.54 Å². The van der Waals surface area contributed by atoms with Crippen molar-refractivity contribution in [3.8, 4) is 0 Å². The third-order valence-electron chi connectivity index (χ3n) is 3.16. The molecular weight excluding hydrogens is 390 g/mol. The van der Waals surface area contributed by atoms with Crippen molar-refractivity contribution >= 4 is 18.0 Å². The number of pyridine rings is 1. The minimum absolute atomic E-state index is 0. The first kappa shape index (κ1) is 20.7. The van der Waals surface area contributed by atoms with Crippen molar-refractivity contribution in [3.05, 3.63) is 66.0 Å². The highest BCUT2D eigenvalue weighted by Crippen LogP contribution is 2.01. The van der Waals surface area contributed by atoms with Crippen molar-refractivity contribution in [3.63, 3.8) is 0 Å². The van der Waals surface area contributed by atoms with Crippen molar-refractivity contribution in [1.29, 1.82) is 0 Å². The van der Waals surface area contributed by atoms with Gasteiger partial charge in [-0.2, -0.15) is 4.57 Å². The molecule has 0 N–H and O–H groups in total. The lowest BCUT2D eigenvalue weighted by Crippen LogP contribution is -3.00. The summed E-state index contributed by atoms with van der Waals surface area (Å²) in [6.07, 6.45) is 3.91. The Labute approximate surface area is 156 Å². The molecule has 0 amide bonds. The molecule has 0 aliphatic carbocycles. The summed E-state index contributed by atoms with van der Waals surface area (Å²) in [6.45, 7) is 0.326. The van der Waals surface area contributed by atoms with E-state index in [1.54, 1.807) is 53.4 Å². The molecule has 1 aromatic heterocycles. The Kier molecular flexibility index (Phi) is 9.28. The molecule has 0 aliphatic rings. The normalized spacial score (nSPS) is 9.76. The van der Waals surface area contributed by atoms with E-state index >= 15 is 0 Å². The molecule has 2 rings (SSSR count). The maximum Gasteiger partial charge on any atom is 0.344 e. The van der Waals surface area contributed by atoms with Crippen LogP contribution in [0, 0.1) is 0 Å². The fourth-order valence-electron chi connectivity index (χ4n) is 2.03. The van der Waals surface area contributed by atoms with Crippen LogP contribution in [-0.2, 0) is 20.8 Å². The fraction of sp³-hybridized carbons (Fsp3) is 0.222. The number of nitrogens with zero attached hydrogens (tertiary/aromatic N) is 1. The lowest BCUT2D eigenvalue weighted by molar-refractivity contribution is -0.683. The van der Waals surface area contributed by atoms with Gasteiger partial charge in [-0.05, 0) is 6.07 Å². The second kappa shape index (κ2) is 11.2. The maximum atomic E-state index is 12.2. The highest BCUT2D eigenvalue weighted by molar-refractivity contribution is 5.95. The number of ether oxygens (including phenoxy) is 2. The van der Waals surface area contributed by atoms with E-state index in [9.17, 15) is 14.4 Å². The number of carbonyl (C=O) groups is 3. The van der Waals surface area contributed by atoms with E-state index in [1.807, 2.05) is 6.07 Å². The number of benzene rings is 1. The molecule has 0 saturated carbocycles. The van der Waals surface area contributed by atoms with Gasteiger partial charge in [-0.25, -0.2) is 4.79 Å². The van der Waals surface area contributed by atoms with Crippen LogP contribution in [0.2, 0.25) is 0 Å². The lowest BCUT2D eigenvalue weighted by atomic mass is 10.1. The molecule has 0 spiro atoms. The van der Waals surface area contributed by atoms with E-state index in [2.05, 4.69) is 0 Å². The smallest absolute Gasteiger partial charge is 0.344 e. The molecule has 132 valence electrons. The predicted molar refractivity (Wildman–Crippen MR) is 84.6 cm³/mol. The van der Waals surface area contributed by atoms with Gasteiger partial charge in [0, 0.05) is 11.6 Å². The third-order valence-corrected chi connectivity index (χ3v) is 3.16. The maximum absolute atomic E-state index is 12.2. The van der Waals surface area contributed by atoms with E-state index in [0.717, 1.165) is 0 Å². The average Bonchev–Trinajstić information content (AvgIpc) is 2.62. The summed E-state index contributed by atoms with van der Waals surface area (Å²) in [4.78, 5) is 34.2. The lowest BCUT2D eigenvalue weighted by Gasteiger charge is -2.04. The van der Waals surface area contributed by atoms with Crippen molar-refractivity contribution in [1.82, 2.24) is 0 Å². The second-order valence-corrected chi connectivity index (χ2v) is 4.93. The minimum atomic E-state index is -0.508. The van der Waals surface area contributed by atoms with Crippen LogP contribution in [0.15, 0.2) is 54.9 Å². The summed E-state index contributed by atoms with van der Waals surface area (Å²) in [5.74, 6) is -0.556. The topological polar surface area (TPSA) is 73.6 Å². The molecule has 0 aliphatic heterocycles. The summed E-state index contributed by atoms with van der Waals surface area (Å²) < 4.78 is 11.6. The predicted octanol–water partition coefficient (Wildman–Crippen LogP) is -1.77. The van der Waals surface area contributed by atoms with Gasteiger partial charge in [0.1, 0.15) is 25.1 Å². The van der Waals surface area contributed by atoms with Crippen LogP contribution >= 0.6 is 0 Å². The van der Waals surface area contributed by atoms with Crippen LogP contribution in [0.25, 0.3) is 0 Å². The summed E-state index contributed by atoms with van der Waals surface area (Å²) in [5, 5.41) is 0. The van der Waals surface area contributed by atoms with Gasteiger partial charge in [-0.1, -0.05) is 30.3 Å². The molecule has 0 bridgehead atoms. The molecule has 0 saturated heterocycles. The Morgan fingerprint density at radius 3 is 2.44 bits per heavy atom. The van der Waals surface area contributed by atoms with Crippen LogP contribution in [0.1, 0.15) is 20.7 Å². The number of rotatable bonds is 9. The highest BCUT2D eigenvalue weighted by Gasteiger charge is 2.15. The number of hydrogen-bond donors (Lipinski definition) is 0. The average molecular weight is 408 g/mol. The number of Topliss-reactive ketones (excluding diaryl/α,β-unsaturated/α-hetero) is 1. The van der Waals surface area contributed by atoms with E-state index in [0.29, 0.717) is 17.4 Å². The van der Waals surface area contributed by atoms with Gasteiger partial charge in [0.05, 0.1) is 6.61 Å². The minimum Gasteiger partial charge on any atom is -1.00 e.